The molecule has 3 aromatic rings. The molecule has 4 heteroatoms. The van der Waals surface area contributed by atoms with Crippen molar-refractivity contribution in [2.75, 3.05) is 0 Å². The topological polar surface area (TPSA) is 56.7 Å². The van der Waals surface area contributed by atoms with Gasteiger partial charge in [0, 0.05) is 12.1 Å². The summed E-state index contributed by atoms with van der Waals surface area (Å²) in [5, 5.41) is 8.55. The van der Waals surface area contributed by atoms with Gasteiger partial charge >= 0.3 is 0 Å². The number of benzene rings is 2. The van der Waals surface area contributed by atoms with Crippen LogP contribution in [-0.4, -0.2) is 15.0 Å². The normalized spacial score (nSPS) is 10.9. The van der Waals surface area contributed by atoms with Crippen molar-refractivity contribution in [3.05, 3.63) is 65.4 Å². The molecule has 0 aliphatic heterocycles. The molecule has 3 rings (SSSR count). The summed E-state index contributed by atoms with van der Waals surface area (Å²) in [6.07, 6.45) is 1.02. The van der Waals surface area contributed by atoms with Gasteiger partial charge in [0.15, 0.2) is 0 Å². The molecule has 0 fully saturated rings. The summed E-state index contributed by atoms with van der Waals surface area (Å²) < 4.78 is 1.87. The minimum absolute atomic E-state index is 0.371. The van der Waals surface area contributed by atoms with Crippen LogP contribution < -0.4 is 5.73 Å². The molecular formula is C18H20N4. The van der Waals surface area contributed by atoms with Crippen molar-refractivity contribution in [1.29, 1.82) is 0 Å². The summed E-state index contributed by atoms with van der Waals surface area (Å²) in [7, 11) is 0. The third-order valence-electron chi connectivity index (χ3n) is 3.81. The lowest BCUT2D eigenvalue weighted by molar-refractivity contribution is 0.799. The van der Waals surface area contributed by atoms with Crippen molar-refractivity contribution < 1.29 is 0 Å². The highest BCUT2D eigenvalue weighted by atomic mass is 15.4. The highest BCUT2D eigenvalue weighted by molar-refractivity contribution is 5.65. The summed E-state index contributed by atoms with van der Waals surface area (Å²) in [6.45, 7) is 4.60. The fourth-order valence-electron chi connectivity index (χ4n) is 2.59. The Bertz CT molecular complexity index is 772. The average Bonchev–Trinajstić information content (AvgIpc) is 2.99. The van der Waals surface area contributed by atoms with Gasteiger partial charge in [-0.05, 0) is 37.1 Å². The standard InChI is InChI=1S/C18H20N4/c1-3-14-7-9-16(10-8-14)22-18(17(12-19)20-21-22)15-6-4-5-13(2)11-15/h4-11H,3,12,19H2,1-2H3. The molecule has 0 spiro atoms. The average molecular weight is 292 g/mol. The van der Waals surface area contributed by atoms with E-state index in [1.54, 1.807) is 0 Å². The van der Waals surface area contributed by atoms with Gasteiger partial charge < -0.3 is 5.73 Å². The van der Waals surface area contributed by atoms with Crippen molar-refractivity contribution in [1.82, 2.24) is 15.0 Å². The molecule has 0 aliphatic rings. The number of aryl methyl sites for hydroxylation is 2. The highest BCUT2D eigenvalue weighted by Crippen LogP contribution is 2.26. The Kier molecular flexibility index (Phi) is 4.02. The maximum atomic E-state index is 5.85. The Balaban J connectivity index is 2.14. The molecule has 2 aromatic carbocycles. The maximum Gasteiger partial charge on any atom is 0.105 e. The molecule has 0 saturated heterocycles. The fraction of sp³-hybridized carbons (Fsp3) is 0.222. The van der Waals surface area contributed by atoms with Crippen LogP contribution in [0.25, 0.3) is 16.9 Å². The Morgan fingerprint density at radius 2 is 1.86 bits per heavy atom. The smallest absolute Gasteiger partial charge is 0.105 e. The first kappa shape index (κ1) is 14.5. The largest absolute Gasteiger partial charge is 0.325 e. The Hall–Kier alpha value is -2.46. The zero-order valence-electron chi connectivity index (χ0n) is 13.0. The van der Waals surface area contributed by atoms with Crippen molar-refractivity contribution in [3.8, 4) is 16.9 Å². The molecule has 0 radical (unpaired) electrons. The van der Waals surface area contributed by atoms with Crippen LogP contribution in [0.4, 0.5) is 0 Å². The molecule has 1 aromatic heterocycles. The van der Waals surface area contributed by atoms with Crippen LogP contribution >= 0.6 is 0 Å². The molecule has 4 nitrogen and oxygen atoms in total. The van der Waals surface area contributed by atoms with E-state index in [2.05, 4.69) is 66.6 Å². The molecule has 0 amide bonds. The third-order valence-corrected chi connectivity index (χ3v) is 3.81. The minimum atomic E-state index is 0.371. The number of nitrogens with zero attached hydrogens (tertiary/aromatic N) is 3. The van der Waals surface area contributed by atoms with Gasteiger partial charge in [0.25, 0.3) is 0 Å². The molecular weight excluding hydrogens is 272 g/mol. The van der Waals surface area contributed by atoms with E-state index in [-0.39, 0.29) is 0 Å². The van der Waals surface area contributed by atoms with Gasteiger partial charge in [-0.25, -0.2) is 4.68 Å². The van der Waals surface area contributed by atoms with E-state index in [9.17, 15) is 0 Å². The number of aromatic nitrogens is 3. The van der Waals surface area contributed by atoms with Gasteiger partial charge in [-0.15, -0.1) is 5.10 Å². The quantitative estimate of drug-likeness (QED) is 0.803. The van der Waals surface area contributed by atoms with Gasteiger partial charge in [0.2, 0.25) is 0 Å². The Morgan fingerprint density at radius 3 is 2.50 bits per heavy atom. The van der Waals surface area contributed by atoms with Crippen LogP contribution in [0.1, 0.15) is 23.7 Å². The first-order valence-corrected chi connectivity index (χ1v) is 7.54. The van der Waals surface area contributed by atoms with Crippen LogP contribution in [-0.2, 0) is 13.0 Å². The molecule has 0 unspecified atom stereocenters. The van der Waals surface area contributed by atoms with Crippen LogP contribution in [0.15, 0.2) is 48.5 Å². The first-order valence-electron chi connectivity index (χ1n) is 7.54. The van der Waals surface area contributed by atoms with E-state index in [1.165, 1.54) is 11.1 Å². The molecule has 1 heterocycles. The molecule has 0 bridgehead atoms. The summed E-state index contributed by atoms with van der Waals surface area (Å²) in [4.78, 5) is 0. The first-order chi connectivity index (χ1) is 10.7. The highest BCUT2D eigenvalue weighted by Gasteiger charge is 2.15. The summed E-state index contributed by atoms with van der Waals surface area (Å²) in [5.41, 5.74) is 12.2. The molecule has 0 aliphatic carbocycles. The molecule has 112 valence electrons. The second-order valence-corrected chi connectivity index (χ2v) is 5.39. The van der Waals surface area contributed by atoms with E-state index in [4.69, 9.17) is 5.73 Å². The van der Waals surface area contributed by atoms with Gasteiger partial charge in [-0.3, -0.25) is 0 Å². The van der Waals surface area contributed by atoms with Crippen molar-refractivity contribution >= 4 is 0 Å². The van der Waals surface area contributed by atoms with Gasteiger partial charge in [0.1, 0.15) is 5.69 Å². The summed E-state index contributed by atoms with van der Waals surface area (Å²) in [6, 6.07) is 16.7. The molecule has 2 N–H and O–H groups in total. The van der Waals surface area contributed by atoms with Crippen LogP contribution in [0.2, 0.25) is 0 Å². The van der Waals surface area contributed by atoms with Crippen LogP contribution in [0.5, 0.6) is 0 Å². The SMILES string of the molecule is CCc1ccc(-n2nnc(CN)c2-c2cccc(C)c2)cc1. The Morgan fingerprint density at radius 1 is 1.09 bits per heavy atom. The maximum absolute atomic E-state index is 5.85. The lowest BCUT2D eigenvalue weighted by atomic mass is 10.1. The lowest BCUT2D eigenvalue weighted by Crippen LogP contribution is -2.03. The number of hydrogen-bond donors (Lipinski definition) is 1. The third kappa shape index (κ3) is 2.65. The van der Waals surface area contributed by atoms with Crippen LogP contribution in [0.3, 0.4) is 0 Å². The Labute approximate surface area is 130 Å². The van der Waals surface area contributed by atoms with Gasteiger partial charge in [0.05, 0.1) is 11.4 Å². The van der Waals surface area contributed by atoms with Crippen molar-refractivity contribution in [2.24, 2.45) is 5.73 Å². The summed E-state index contributed by atoms with van der Waals surface area (Å²) >= 11 is 0. The number of nitrogens with two attached hydrogens (primary N) is 1. The van der Waals surface area contributed by atoms with Crippen molar-refractivity contribution in [3.63, 3.8) is 0 Å². The van der Waals surface area contributed by atoms with Crippen molar-refractivity contribution in [2.45, 2.75) is 26.8 Å². The van der Waals surface area contributed by atoms with Gasteiger partial charge in [-0.1, -0.05) is 48.0 Å². The van der Waals surface area contributed by atoms with E-state index >= 15 is 0 Å². The molecule has 22 heavy (non-hydrogen) atoms. The monoisotopic (exact) mass is 292 g/mol. The minimum Gasteiger partial charge on any atom is -0.325 e. The number of hydrogen-bond acceptors (Lipinski definition) is 3. The fourth-order valence-corrected chi connectivity index (χ4v) is 2.59. The molecule has 0 saturated carbocycles. The summed E-state index contributed by atoms with van der Waals surface area (Å²) in [5.74, 6) is 0. The van der Waals surface area contributed by atoms with E-state index in [0.717, 1.165) is 29.1 Å². The van der Waals surface area contributed by atoms with E-state index < -0.39 is 0 Å². The predicted molar refractivity (Wildman–Crippen MR) is 88.8 cm³/mol. The van der Waals surface area contributed by atoms with Crippen LogP contribution in [0, 0.1) is 6.92 Å². The second kappa shape index (κ2) is 6.12. The zero-order chi connectivity index (χ0) is 15.5. The second-order valence-electron chi connectivity index (χ2n) is 5.39. The van der Waals surface area contributed by atoms with Gasteiger partial charge in [-0.2, -0.15) is 0 Å². The molecule has 0 atom stereocenters. The lowest BCUT2D eigenvalue weighted by Gasteiger charge is -2.09. The predicted octanol–water partition coefficient (Wildman–Crippen LogP) is 3.26. The van der Waals surface area contributed by atoms with E-state index in [0.29, 0.717) is 6.54 Å². The zero-order valence-corrected chi connectivity index (χ0v) is 13.0. The van der Waals surface area contributed by atoms with E-state index in [1.807, 2.05) is 10.7 Å². The number of rotatable bonds is 4.